The first-order valence-corrected chi connectivity index (χ1v) is 9.90. The van der Waals surface area contributed by atoms with E-state index in [-0.39, 0.29) is 12.1 Å². The molecule has 28 heavy (non-hydrogen) atoms. The number of amides is 1. The Morgan fingerprint density at radius 2 is 2.32 bits per heavy atom. The molecule has 0 atom stereocenters. The zero-order valence-corrected chi connectivity index (χ0v) is 17.1. The summed E-state index contributed by atoms with van der Waals surface area (Å²) in [4.78, 5) is 19.8. The molecule has 0 bridgehead atoms. The van der Waals surface area contributed by atoms with Crippen LogP contribution in [0.5, 0.6) is 0 Å². The van der Waals surface area contributed by atoms with Crippen LogP contribution < -0.4 is 16.5 Å². The first-order chi connectivity index (χ1) is 13.5. The molecule has 0 aliphatic rings. The molecule has 1 amide bonds. The van der Waals surface area contributed by atoms with E-state index in [4.69, 9.17) is 22.7 Å². The van der Waals surface area contributed by atoms with Gasteiger partial charge in [0.15, 0.2) is 5.83 Å². The van der Waals surface area contributed by atoms with Crippen LogP contribution in [0.25, 0.3) is 5.57 Å². The fourth-order valence-corrected chi connectivity index (χ4v) is 3.97. The summed E-state index contributed by atoms with van der Waals surface area (Å²) in [6.07, 6.45) is 4.86. The second kappa shape index (κ2) is 10.6. The predicted octanol–water partition coefficient (Wildman–Crippen LogP) is 2.98. The number of nitrogens with zero attached hydrogens (tertiary/aromatic N) is 3. The van der Waals surface area contributed by atoms with E-state index >= 15 is 0 Å². The molecule has 2 aromatic heterocycles. The van der Waals surface area contributed by atoms with E-state index in [1.807, 2.05) is 6.08 Å². The maximum atomic E-state index is 13.5. The van der Waals surface area contributed by atoms with E-state index < -0.39 is 5.83 Å². The van der Waals surface area contributed by atoms with Crippen molar-refractivity contribution in [1.29, 1.82) is 5.41 Å². The van der Waals surface area contributed by atoms with Crippen molar-refractivity contribution in [2.45, 2.75) is 12.8 Å². The predicted molar refractivity (Wildman–Crippen MR) is 113 cm³/mol. The minimum atomic E-state index is -0.798. The van der Waals surface area contributed by atoms with Gasteiger partial charge in [-0.1, -0.05) is 17.7 Å². The fourth-order valence-electron chi connectivity index (χ4n) is 2.08. The monoisotopic (exact) mass is 441 g/mol. The van der Waals surface area contributed by atoms with Crippen LogP contribution in [0.15, 0.2) is 28.2 Å². The quantitative estimate of drug-likeness (QED) is 0.256. The van der Waals surface area contributed by atoms with Crippen molar-refractivity contribution in [2.24, 2.45) is 10.8 Å². The summed E-state index contributed by atoms with van der Waals surface area (Å²) in [7, 11) is 1.70. The lowest BCUT2D eigenvalue weighted by Gasteiger charge is -2.02. The van der Waals surface area contributed by atoms with Crippen LogP contribution in [-0.4, -0.2) is 35.9 Å². The number of hydrogen-bond donors (Lipinski definition) is 4. The summed E-state index contributed by atoms with van der Waals surface area (Å²) in [6, 6.07) is 0. The SMILES string of the molecule is CNc1nc(CC(N)=C(F)C=N)sc1C(/C=N\NC=O)=C/Cc1ncsc1Cl. The molecule has 0 spiro atoms. The van der Waals surface area contributed by atoms with Crippen LogP contribution in [0.3, 0.4) is 0 Å². The number of nitrogens with one attached hydrogen (secondary N) is 3. The van der Waals surface area contributed by atoms with Crippen molar-refractivity contribution in [2.75, 3.05) is 12.4 Å². The molecule has 0 fully saturated rings. The minimum absolute atomic E-state index is 0.0650. The topological polar surface area (TPSA) is 129 Å². The number of allylic oxidation sites excluding steroid dienone is 4. The third-order valence-electron chi connectivity index (χ3n) is 3.38. The summed E-state index contributed by atoms with van der Waals surface area (Å²) >= 11 is 8.73. The van der Waals surface area contributed by atoms with Crippen molar-refractivity contribution in [1.82, 2.24) is 15.4 Å². The van der Waals surface area contributed by atoms with Gasteiger partial charge in [-0.2, -0.15) is 5.10 Å². The highest BCUT2D eigenvalue weighted by atomic mass is 35.5. The van der Waals surface area contributed by atoms with Gasteiger partial charge in [0.1, 0.15) is 15.2 Å². The second-order valence-electron chi connectivity index (χ2n) is 5.17. The molecule has 8 nitrogen and oxygen atoms in total. The normalized spacial score (nSPS) is 12.8. The highest BCUT2D eigenvalue weighted by Crippen LogP contribution is 2.31. The molecule has 12 heteroatoms. The summed E-state index contributed by atoms with van der Waals surface area (Å²) in [5, 5.41) is 14.3. The lowest BCUT2D eigenvalue weighted by Crippen LogP contribution is -2.04. The number of rotatable bonds is 10. The van der Waals surface area contributed by atoms with Crippen molar-refractivity contribution in [3.05, 3.63) is 43.0 Å². The second-order valence-corrected chi connectivity index (χ2v) is 7.71. The van der Waals surface area contributed by atoms with Gasteiger partial charge in [0, 0.05) is 25.5 Å². The summed E-state index contributed by atoms with van der Waals surface area (Å²) in [5.74, 6) is -0.246. The van der Waals surface area contributed by atoms with Crippen LogP contribution in [0.1, 0.15) is 15.6 Å². The van der Waals surface area contributed by atoms with Gasteiger partial charge >= 0.3 is 0 Å². The summed E-state index contributed by atoms with van der Waals surface area (Å²) in [6.45, 7) is 0. The largest absolute Gasteiger partial charge is 0.399 e. The molecule has 0 aliphatic carbocycles. The van der Waals surface area contributed by atoms with Gasteiger partial charge < -0.3 is 16.5 Å². The van der Waals surface area contributed by atoms with E-state index in [1.165, 1.54) is 28.9 Å². The molecular weight excluding hydrogens is 425 g/mol. The van der Waals surface area contributed by atoms with Gasteiger partial charge in [0.25, 0.3) is 0 Å². The Kier molecular flexibility index (Phi) is 8.23. The van der Waals surface area contributed by atoms with E-state index in [2.05, 4.69) is 25.8 Å². The van der Waals surface area contributed by atoms with Crippen LogP contribution >= 0.6 is 34.3 Å². The van der Waals surface area contributed by atoms with Crippen LogP contribution in [0.4, 0.5) is 10.2 Å². The molecule has 0 radical (unpaired) electrons. The molecule has 2 heterocycles. The Bertz CT molecular complexity index is 935. The number of hydrazone groups is 1. The molecule has 148 valence electrons. The van der Waals surface area contributed by atoms with Gasteiger partial charge in [0.05, 0.1) is 34.2 Å². The van der Waals surface area contributed by atoms with Gasteiger partial charge in [-0.25, -0.2) is 19.8 Å². The zero-order valence-electron chi connectivity index (χ0n) is 14.7. The van der Waals surface area contributed by atoms with Gasteiger partial charge in [0.2, 0.25) is 6.41 Å². The van der Waals surface area contributed by atoms with Crippen molar-refractivity contribution >= 4 is 64.5 Å². The summed E-state index contributed by atoms with van der Waals surface area (Å²) in [5.41, 5.74) is 10.9. The van der Waals surface area contributed by atoms with Crippen molar-refractivity contribution in [3.8, 4) is 0 Å². The number of carbonyl (C=O) groups excluding carboxylic acids is 1. The molecular formula is C16H17ClFN7OS2. The molecule has 0 aromatic carbocycles. The third-order valence-corrected chi connectivity index (χ3v) is 5.63. The minimum Gasteiger partial charge on any atom is -0.399 e. The maximum Gasteiger partial charge on any atom is 0.227 e. The Morgan fingerprint density at radius 3 is 2.93 bits per heavy atom. The molecule has 2 rings (SSSR count). The first-order valence-electron chi connectivity index (χ1n) is 7.82. The third kappa shape index (κ3) is 5.68. The molecule has 0 saturated heterocycles. The zero-order chi connectivity index (χ0) is 20.5. The number of halogens is 2. The average Bonchev–Trinajstić information content (AvgIpc) is 3.29. The molecule has 0 unspecified atom stereocenters. The maximum absolute atomic E-state index is 13.5. The van der Waals surface area contributed by atoms with E-state index in [0.29, 0.717) is 39.8 Å². The van der Waals surface area contributed by atoms with Crippen LogP contribution in [0, 0.1) is 5.41 Å². The van der Waals surface area contributed by atoms with E-state index in [9.17, 15) is 9.18 Å². The van der Waals surface area contributed by atoms with Crippen molar-refractivity contribution < 1.29 is 9.18 Å². The smallest absolute Gasteiger partial charge is 0.227 e. The molecule has 5 N–H and O–H groups in total. The molecule has 0 aliphatic heterocycles. The van der Waals surface area contributed by atoms with Crippen molar-refractivity contribution in [3.63, 3.8) is 0 Å². The number of thiazole rings is 2. The average molecular weight is 442 g/mol. The number of hydrogen-bond acceptors (Lipinski definition) is 9. The number of anilines is 1. The highest BCUT2D eigenvalue weighted by molar-refractivity contribution is 7.14. The Morgan fingerprint density at radius 1 is 1.54 bits per heavy atom. The van der Waals surface area contributed by atoms with Gasteiger partial charge in [-0.15, -0.1) is 22.7 Å². The van der Waals surface area contributed by atoms with Gasteiger partial charge in [-0.3, -0.25) is 4.79 Å². The lowest BCUT2D eigenvalue weighted by atomic mass is 10.2. The number of nitrogens with two attached hydrogens (primary N) is 1. The Balaban J connectivity index is 2.39. The number of aromatic nitrogens is 2. The van der Waals surface area contributed by atoms with Crippen LogP contribution in [0.2, 0.25) is 4.34 Å². The molecule has 0 saturated carbocycles. The van der Waals surface area contributed by atoms with E-state index in [0.717, 1.165) is 10.6 Å². The molecule has 2 aromatic rings. The lowest BCUT2D eigenvalue weighted by molar-refractivity contribution is -0.109. The first kappa shape index (κ1) is 21.7. The van der Waals surface area contributed by atoms with E-state index in [1.54, 1.807) is 12.6 Å². The van der Waals surface area contributed by atoms with Gasteiger partial charge in [-0.05, 0) is 0 Å². The standard InChI is InChI=1S/C16H17ClFN7OS2/c1-21-16-14(28-13(25-16)4-11(20)10(18)5-19)9(6-23-24-7-26)2-3-12-15(17)27-8-22-12/h2,5-8,19,21H,3-4,20H2,1H3,(H,24,26)/b9-2+,11-10?,19-5?,23-6-. The fraction of sp³-hybridized carbons (Fsp3) is 0.188. The highest BCUT2D eigenvalue weighted by Gasteiger charge is 2.15. The number of carbonyl (C=O) groups is 1. The Hall–Kier alpha value is -2.63. The van der Waals surface area contributed by atoms with Crippen LogP contribution in [-0.2, 0) is 17.6 Å². The summed E-state index contributed by atoms with van der Waals surface area (Å²) < 4.78 is 14.1. The Labute approximate surface area is 173 Å².